The summed E-state index contributed by atoms with van der Waals surface area (Å²) in [6.07, 6.45) is 6.60. The molecule has 2 aromatic rings. The molecule has 2 saturated heterocycles. The number of fused-ring (bicyclic) bond motifs is 3. The first-order chi connectivity index (χ1) is 16.1. The normalized spacial score (nSPS) is 29.9. The lowest BCUT2D eigenvalue weighted by Crippen LogP contribution is -2.45. The summed E-state index contributed by atoms with van der Waals surface area (Å²) in [7, 11) is 1.69. The van der Waals surface area contributed by atoms with Crippen molar-refractivity contribution in [1.29, 1.82) is 0 Å². The van der Waals surface area contributed by atoms with E-state index >= 15 is 0 Å². The Bertz CT molecular complexity index is 1130. The van der Waals surface area contributed by atoms with Crippen molar-refractivity contribution in [1.82, 2.24) is 10.2 Å². The van der Waals surface area contributed by atoms with Gasteiger partial charge in [0.05, 0.1) is 7.11 Å². The standard InChI is InChI=1S/C29H38N2O3/c1-27(2)16-21-17-28(3,18-27)19-31(21)26(33)12-14-29(13-11-25(32)30-29)15-20-9-10-24(34-4)23-8-6-5-7-22(20)23/h5-10,21H,11-19H2,1-4H3,(H,30,32)/t21-,28-,29-/m0/s1. The molecule has 2 amide bonds. The third-order valence-corrected chi connectivity index (χ3v) is 8.51. The first kappa shape index (κ1) is 23.2. The highest BCUT2D eigenvalue weighted by Crippen LogP contribution is 2.52. The minimum atomic E-state index is -0.373. The van der Waals surface area contributed by atoms with Gasteiger partial charge in [-0.1, -0.05) is 51.1 Å². The number of amides is 2. The molecule has 182 valence electrons. The van der Waals surface area contributed by atoms with Crippen LogP contribution in [0.25, 0.3) is 10.8 Å². The molecule has 2 heterocycles. The Labute approximate surface area is 203 Å². The van der Waals surface area contributed by atoms with E-state index in [1.165, 1.54) is 12.0 Å². The number of carbonyl (C=O) groups is 2. The lowest BCUT2D eigenvalue weighted by atomic mass is 9.65. The van der Waals surface area contributed by atoms with Crippen LogP contribution < -0.4 is 10.1 Å². The number of methoxy groups -OCH3 is 1. The van der Waals surface area contributed by atoms with E-state index in [2.05, 4.69) is 49.2 Å². The summed E-state index contributed by atoms with van der Waals surface area (Å²) in [6.45, 7) is 7.91. The van der Waals surface area contributed by atoms with Gasteiger partial charge in [0.15, 0.2) is 0 Å². The Balaban J connectivity index is 1.35. The summed E-state index contributed by atoms with van der Waals surface area (Å²) >= 11 is 0. The quantitative estimate of drug-likeness (QED) is 0.638. The molecule has 2 aromatic carbocycles. The molecule has 3 atom stereocenters. The maximum absolute atomic E-state index is 13.5. The highest BCUT2D eigenvalue weighted by atomic mass is 16.5. The Kier molecular flexibility index (Phi) is 5.65. The van der Waals surface area contributed by atoms with Gasteiger partial charge in [0.1, 0.15) is 5.75 Å². The number of carbonyl (C=O) groups excluding carboxylic acids is 2. The Morgan fingerprint density at radius 1 is 1.12 bits per heavy atom. The summed E-state index contributed by atoms with van der Waals surface area (Å²) in [5.41, 5.74) is 1.35. The average Bonchev–Trinajstić information content (AvgIpc) is 3.27. The summed E-state index contributed by atoms with van der Waals surface area (Å²) in [5.74, 6) is 1.21. The van der Waals surface area contributed by atoms with E-state index in [9.17, 15) is 9.59 Å². The molecular formula is C29H38N2O3. The minimum Gasteiger partial charge on any atom is -0.496 e. The fourth-order valence-electron chi connectivity index (χ4n) is 7.45. The molecule has 0 spiro atoms. The van der Waals surface area contributed by atoms with E-state index in [1.54, 1.807) is 7.11 Å². The molecule has 3 fully saturated rings. The Morgan fingerprint density at radius 3 is 2.59 bits per heavy atom. The highest BCUT2D eigenvalue weighted by Gasteiger charge is 2.51. The summed E-state index contributed by atoms with van der Waals surface area (Å²) in [6, 6.07) is 12.8. The molecule has 1 aliphatic carbocycles. The average molecular weight is 463 g/mol. The van der Waals surface area contributed by atoms with Gasteiger partial charge in [0.2, 0.25) is 11.8 Å². The molecule has 5 nitrogen and oxygen atoms in total. The maximum Gasteiger partial charge on any atom is 0.222 e. The molecule has 3 aliphatic rings. The van der Waals surface area contributed by atoms with Gasteiger partial charge in [-0.25, -0.2) is 0 Å². The number of benzene rings is 2. The fourth-order valence-corrected chi connectivity index (χ4v) is 7.45. The smallest absolute Gasteiger partial charge is 0.222 e. The van der Waals surface area contributed by atoms with E-state index in [4.69, 9.17) is 4.74 Å². The SMILES string of the molecule is COc1ccc(C[C@@]2(CCC(=O)N3C[C@@]4(C)C[C@@H]3CC(C)(C)C4)CCC(=O)N2)c2ccccc12. The van der Waals surface area contributed by atoms with Crippen LogP contribution in [0.15, 0.2) is 36.4 Å². The second-order valence-corrected chi connectivity index (χ2v) is 12.2. The first-order valence-electron chi connectivity index (χ1n) is 12.8. The lowest BCUT2D eigenvalue weighted by molar-refractivity contribution is -0.133. The van der Waals surface area contributed by atoms with Crippen molar-refractivity contribution in [3.05, 3.63) is 42.0 Å². The lowest BCUT2D eigenvalue weighted by Gasteiger charge is -2.39. The fraction of sp³-hybridized carbons (Fsp3) is 0.586. The summed E-state index contributed by atoms with van der Waals surface area (Å²) in [4.78, 5) is 28.0. The Hall–Kier alpha value is -2.56. The van der Waals surface area contributed by atoms with Gasteiger partial charge in [-0.15, -0.1) is 0 Å². The van der Waals surface area contributed by atoms with Crippen molar-refractivity contribution in [3.8, 4) is 5.75 Å². The third kappa shape index (κ3) is 4.30. The molecule has 0 aromatic heterocycles. The van der Waals surface area contributed by atoms with Crippen LogP contribution in [0.4, 0.5) is 0 Å². The molecule has 0 radical (unpaired) electrons. The second-order valence-electron chi connectivity index (χ2n) is 12.2. The number of rotatable bonds is 6. The Morgan fingerprint density at radius 2 is 1.88 bits per heavy atom. The van der Waals surface area contributed by atoms with Crippen LogP contribution in [0.2, 0.25) is 0 Å². The summed E-state index contributed by atoms with van der Waals surface area (Å²) < 4.78 is 5.57. The van der Waals surface area contributed by atoms with Gasteiger partial charge in [0, 0.05) is 36.4 Å². The third-order valence-electron chi connectivity index (χ3n) is 8.51. The van der Waals surface area contributed by atoms with Crippen LogP contribution in [-0.4, -0.2) is 41.9 Å². The number of likely N-dealkylation sites (tertiary alicyclic amines) is 1. The maximum atomic E-state index is 13.5. The van der Waals surface area contributed by atoms with Gasteiger partial charge in [-0.05, 0) is 66.4 Å². The van der Waals surface area contributed by atoms with Gasteiger partial charge in [-0.2, -0.15) is 0 Å². The monoisotopic (exact) mass is 462 g/mol. The number of nitrogens with one attached hydrogen (secondary N) is 1. The van der Waals surface area contributed by atoms with Crippen LogP contribution in [-0.2, 0) is 16.0 Å². The van der Waals surface area contributed by atoms with E-state index in [-0.39, 0.29) is 22.8 Å². The zero-order valence-corrected chi connectivity index (χ0v) is 21.1. The van der Waals surface area contributed by atoms with Crippen molar-refractivity contribution in [2.75, 3.05) is 13.7 Å². The largest absolute Gasteiger partial charge is 0.496 e. The van der Waals surface area contributed by atoms with E-state index in [0.29, 0.717) is 30.7 Å². The van der Waals surface area contributed by atoms with Crippen LogP contribution >= 0.6 is 0 Å². The predicted molar refractivity (Wildman–Crippen MR) is 135 cm³/mol. The molecular weight excluding hydrogens is 424 g/mol. The van der Waals surface area contributed by atoms with Crippen molar-refractivity contribution in [3.63, 3.8) is 0 Å². The number of hydrogen-bond donors (Lipinski definition) is 1. The number of hydrogen-bond acceptors (Lipinski definition) is 3. The van der Waals surface area contributed by atoms with Gasteiger partial charge >= 0.3 is 0 Å². The van der Waals surface area contributed by atoms with Crippen LogP contribution in [0.5, 0.6) is 5.75 Å². The zero-order chi connectivity index (χ0) is 24.1. The van der Waals surface area contributed by atoms with Crippen molar-refractivity contribution in [2.24, 2.45) is 10.8 Å². The molecule has 5 rings (SSSR count). The molecule has 5 heteroatoms. The zero-order valence-electron chi connectivity index (χ0n) is 21.1. The van der Waals surface area contributed by atoms with Crippen LogP contribution in [0, 0.1) is 10.8 Å². The second kappa shape index (κ2) is 8.28. The van der Waals surface area contributed by atoms with E-state index in [0.717, 1.165) is 48.8 Å². The van der Waals surface area contributed by atoms with E-state index in [1.807, 2.05) is 18.2 Å². The van der Waals surface area contributed by atoms with Gasteiger partial charge < -0.3 is 15.0 Å². The number of ether oxygens (including phenoxy) is 1. The first-order valence-corrected chi connectivity index (χ1v) is 12.8. The predicted octanol–water partition coefficient (Wildman–Crippen LogP) is 5.25. The van der Waals surface area contributed by atoms with Crippen LogP contribution in [0.1, 0.15) is 71.3 Å². The number of nitrogens with zero attached hydrogens (tertiary/aromatic N) is 1. The molecule has 2 bridgehead atoms. The molecule has 2 aliphatic heterocycles. The minimum absolute atomic E-state index is 0.0940. The molecule has 1 saturated carbocycles. The summed E-state index contributed by atoms with van der Waals surface area (Å²) in [5, 5.41) is 5.51. The van der Waals surface area contributed by atoms with Gasteiger partial charge in [0.25, 0.3) is 0 Å². The highest BCUT2D eigenvalue weighted by molar-refractivity contribution is 5.91. The van der Waals surface area contributed by atoms with Gasteiger partial charge in [-0.3, -0.25) is 9.59 Å². The van der Waals surface area contributed by atoms with Crippen LogP contribution in [0.3, 0.4) is 0 Å². The van der Waals surface area contributed by atoms with E-state index < -0.39 is 0 Å². The molecule has 0 unspecified atom stereocenters. The van der Waals surface area contributed by atoms with Crippen molar-refractivity contribution >= 4 is 22.6 Å². The van der Waals surface area contributed by atoms with Crippen molar-refractivity contribution < 1.29 is 14.3 Å². The molecule has 1 N–H and O–H groups in total. The topological polar surface area (TPSA) is 58.6 Å². The van der Waals surface area contributed by atoms with Crippen molar-refractivity contribution in [2.45, 2.75) is 83.7 Å². The molecule has 34 heavy (non-hydrogen) atoms.